The summed E-state index contributed by atoms with van der Waals surface area (Å²) in [6, 6.07) is 11.8. The van der Waals surface area contributed by atoms with Gasteiger partial charge in [-0.1, -0.05) is 6.07 Å². The molecule has 0 unspecified atom stereocenters. The molecule has 3 atom stereocenters. The van der Waals surface area contributed by atoms with Gasteiger partial charge in [-0.05, 0) is 50.3 Å². The minimum absolute atomic E-state index is 0.306. The third-order valence-corrected chi connectivity index (χ3v) is 7.39. The molecule has 4 aromatic rings. The van der Waals surface area contributed by atoms with Crippen molar-refractivity contribution in [3.8, 4) is 17.2 Å². The molecule has 2 bridgehead atoms. The maximum Gasteiger partial charge on any atom is 0.225 e. The molecule has 2 saturated heterocycles. The first-order chi connectivity index (χ1) is 17.6. The minimum Gasteiger partial charge on any atom is -0.351 e. The number of nitriles is 1. The van der Waals surface area contributed by atoms with Gasteiger partial charge in [0.1, 0.15) is 5.82 Å². The number of hydrogen-bond acceptors (Lipinski definition) is 8. The number of hydrogen-bond donors (Lipinski definition) is 3. The molecule has 10 heteroatoms. The number of anilines is 3. The third-order valence-electron chi connectivity index (χ3n) is 7.39. The average Bonchev–Trinajstić information content (AvgIpc) is 3.54. The van der Waals surface area contributed by atoms with Crippen molar-refractivity contribution in [3.05, 3.63) is 42.4 Å². The number of nitrogens with zero attached hydrogens (tertiary/aromatic N) is 7. The second-order valence-electron chi connectivity index (χ2n) is 9.94. The molecule has 0 spiro atoms. The number of fused-ring (bicyclic) bond motifs is 3. The zero-order chi connectivity index (χ0) is 24.6. The maximum atomic E-state index is 9.03. The summed E-state index contributed by atoms with van der Waals surface area (Å²) in [6.07, 6.45) is 8.95. The van der Waals surface area contributed by atoms with E-state index in [9.17, 15) is 0 Å². The van der Waals surface area contributed by atoms with Crippen molar-refractivity contribution < 1.29 is 0 Å². The fraction of sp³-hybridized carbons (Fsp3) is 0.423. The number of H-pyrrole nitrogens is 1. The van der Waals surface area contributed by atoms with Crippen LogP contribution in [0.4, 0.5) is 17.6 Å². The fourth-order valence-corrected chi connectivity index (χ4v) is 5.76. The molecule has 3 N–H and O–H groups in total. The van der Waals surface area contributed by atoms with E-state index < -0.39 is 0 Å². The summed E-state index contributed by atoms with van der Waals surface area (Å²) >= 11 is 0. The monoisotopic (exact) mass is 482 g/mol. The van der Waals surface area contributed by atoms with Crippen LogP contribution in [0.5, 0.6) is 0 Å². The van der Waals surface area contributed by atoms with Gasteiger partial charge in [0, 0.05) is 67.0 Å². The lowest BCUT2D eigenvalue weighted by atomic mass is 9.97. The van der Waals surface area contributed by atoms with Crippen molar-refractivity contribution >= 4 is 28.5 Å². The lowest BCUT2D eigenvalue weighted by molar-refractivity contribution is 0.135. The highest BCUT2D eigenvalue weighted by Gasteiger charge is 2.40. The molecule has 10 nitrogen and oxygen atoms in total. The van der Waals surface area contributed by atoms with Crippen molar-refractivity contribution in [2.75, 3.05) is 17.2 Å². The molecule has 1 aromatic carbocycles. The third kappa shape index (κ3) is 4.38. The average molecular weight is 483 g/mol. The van der Waals surface area contributed by atoms with Crippen molar-refractivity contribution in [2.24, 2.45) is 7.05 Å². The van der Waals surface area contributed by atoms with Gasteiger partial charge in [-0.3, -0.25) is 14.7 Å². The van der Waals surface area contributed by atoms with Gasteiger partial charge in [0.05, 0.1) is 17.8 Å². The lowest BCUT2D eigenvalue weighted by Gasteiger charge is -2.38. The fourth-order valence-electron chi connectivity index (χ4n) is 5.76. The summed E-state index contributed by atoms with van der Waals surface area (Å²) in [5.74, 6) is 2.07. The number of piperidine rings is 1. The van der Waals surface area contributed by atoms with E-state index in [2.05, 4.69) is 55.1 Å². The Bertz CT molecular complexity index is 1420. The predicted octanol–water partition coefficient (Wildman–Crippen LogP) is 4.13. The second-order valence-corrected chi connectivity index (χ2v) is 9.94. The van der Waals surface area contributed by atoms with Crippen molar-refractivity contribution in [1.82, 2.24) is 34.8 Å². The van der Waals surface area contributed by atoms with Gasteiger partial charge >= 0.3 is 0 Å². The second kappa shape index (κ2) is 9.24. The Morgan fingerprint density at radius 2 is 1.97 bits per heavy atom. The highest BCUT2D eigenvalue weighted by Crippen LogP contribution is 2.37. The van der Waals surface area contributed by atoms with Crippen LogP contribution in [-0.4, -0.2) is 59.5 Å². The Kier molecular flexibility index (Phi) is 5.77. The molecule has 36 heavy (non-hydrogen) atoms. The van der Waals surface area contributed by atoms with E-state index in [1.54, 1.807) is 4.68 Å². The molecule has 6 rings (SSSR count). The Labute approximate surface area is 209 Å². The molecular weight excluding hydrogens is 452 g/mol. The molecule has 0 amide bonds. The van der Waals surface area contributed by atoms with Gasteiger partial charge in [0.25, 0.3) is 0 Å². The molecule has 5 heterocycles. The minimum atomic E-state index is 0.306. The van der Waals surface area contributed by atoms with E-state index in [0.717, 1.165) is 58.7 Å². The van der Waals surface area contributed by atoms with Crippen LogP contribution in [0.3, 0.4) is 0 Å². The molecule has 0 aliphatic carbocycles. The molecular formula is C26H30N10. The summed E-state index contributed by atoms with van der Waals surface area (Å²) in [5.41, 5.74) is 3.95. The Morgan fingerprint density at radius 3 is 2.67 bits per heavy atom. The first-order valence-corrected chi connectivity index (χ1v) is 12.5. The highest BCUT2D eigenvalue weighted by molar-refractivity contribution is 5.94. The number of aryl methyl sites for hydroxylation is 2. The maximum absolute atomic E-state index is 9.03. The zero-order valence-corrected chi connectivity index (χ0v) is 20.6. The normalized spacial score (nSPS) is 21.5. The predicted molar refractivity (Wildman–Crippen MR) is 139 cm³/mol. The summed E-state index contributed by atoms with van der Waals surface area (Å²) in [5, 5.41) is 28.6. The molecule has 2 fully saturated rings. The van der Waals surface area contributed by atoms with Crippen molar-refractivity contribution in [3.63, 3.8) is 0 Å². The zero-order valence-electron chi connectivity index (χ0n) is 20.6. The van der Waals surface area contributed by atoms with Crippen LogP contribution in [0.1, 0.15) is 37.8 Å². The highest BCUT2D eigenvalue weighted by atomic mass is 15.3. The van der Waals surface area contributed by atoms with E-state index in [0.29, 0.717) is 30.5 Å². The van der Waals surface area contributed by atoms with Crippen LogP contribution in [-0.2, 0) is 7.05 Å². The number of nitrogens with one attached hydrogen (secondary N) is 3. The van der Waals surface area contributed by atoms with Gasteiger partial charge in [-0.25, -0.2) is 4.98 Å². The largest absolute Gasteiger partial charge is 0.351 e. The van der Waals surface area contributed by atoms with E-state index in [1.807, 2.05) is 32.4 Å². The van der Waals surface area contributed by atoms with E-state index in [-0.39, 0.29) is 0 Å². The van der Waals surface area contributed by atoms with Crippen molar-refractivity contribution in [1.29, 1.82) is 5.26 Å². The SMILES string of the molecule is Cc1cc(Nc2nc(N[C@@H]3C[C@H]4CC[C@@H](C3)N4CCC#N)nc3cc(-c4cnn(C)c4)ccc23)n[nH]1. The molecule has 0 radical (unpaired) electrons. The first kappa shape index (κ1) is 22.5. The number of benzene rings is 1. The number of aromatic amines is 1. The molecule has 184 valence electrons. The van der Waals surface area contributed by atoms with Gasteiger partial charge in [0.15, 0.2) is 5.82 Å². The summed E-state index contributed by atoms with van der Waals surface area (Å²) in [6.45, 7) is 2.85. The van der Waals surface area contributed by atoms with E-state index in [4.69, 9.17) is 15.2 Å². The van der Waals surface area contributed by atoms with E-state index >= 15 is 0 Å². The quantitative estimate of drug-likeness (QED) is 0.359. The summed E-state index contributed by atoms with van der Waals surface area (Å²) in [4.78, 5) is 12.4. The first-order valence-electron chi connectivity index (χ1n) is 12.5. The van der Waals surface area contributed by atoms with Crippen molar-refractivity contribution in [2.45, 2.75) is 57.2 Å². The topological polar surface area (TPSA) is 123 Å². The Hall–Kier alpha value is -3.97. The van der Waals surface area contributed by atoms with Gasteiger partial charge in [-0.15, -0.1) is 0 Å². The van der Waals surface area contributed by atoms with Crippen LogP contribution in [0.2, 0.25) is 0 Å². The Morgan fingerprint density at radius 1 is 1.14 bits per heavy atom. The van der Waals surface area contributed by atoms with Crippen LogP contribution >= 0.6 is 0 Å². The Balaban J connectivity index is 1.31. The summed E-state index contributed by atoms with van der Waals surface area (Å²) in [7, 11) is 1.92. The van der Waals surface area contributed by atoms with Gasteiger partial charge in [-0.2, -0.15) is 20.4 Å². The number of rotatable bonds is 7. The smallest absolute Gasteiger partial charge is 0.225 e. The van der Waals surface area contributed by atoms with Gasteiger partial charge in [0.2, 0.25) is 5.95 Å². The lowest BCUT2D eigenvalue weighted by Crippen LogP contribution is -2.47. The molecule has 2 aliphatic rings. The standard InChI is InChI=1S/C26H30N10/c1-16-10-24(34-33-16)31-25-22-7-4-17(18-14-28-35(2)15-18)11-23(22)30-26(32-25)29-19-12-20-5-6-21(13-19)36(20)9-3-8-27/h4,7,10-11,14-15,19-21H,3,5-6,9,12-13H2,1-2H3,(H3,29,30,31,32,33,34)/t19-,20-,21+. The molecule has 2 aliphatic heterocycles. The molecule has 3 aromatic heterocycles. The van der Waals surface area contributed by atoms with Gasteiger partial charge < -0.3 is 10.6 Å². The van der Waals surface area contributed by atoms with Crippen LogP contribution in [0.15, 0.2) is 36.7 Å². The van der Waals surface area contributed by atoms with Crippen LogP contribution in [0.25, 0.3) is 22.0 Å². The van der Waals surface area contributed by atoms with Crippen LogP contribution < -0.4 is 10.6 Å². The van der Waals surface area contributed by atoms with Crippen LogP contribution in [0, 0.1) is 18.3 Å². The van der Waals surface area contributed by atoms with E-state index in [1.165, 1.54) is 12.8 Å². The molecule has 0 saturated carbocycles. The summed E-state index contributed by atoms with van der Waals surface area (Å²) < 4.78 is 1.80. The number of aromatic nitrogens is 6.